The van der Waals surface area contributed by atoms with E-state index in [0.29, 0.717) is 12.2 Å². The van der Waals surface area contributed by atoms with E-state index in [1.54, 1.807) is 18.5 Å². The van der Waals surface area contributed by atoms with Crippen molar-refractivity contribution in [1.29, 1.82) is 0 Å². The first-order chi connectivity index (χ1) is 9.26. The number of carbonyl (C=O) groups excluding carboxylic acids is 1. The maximum Gasteiger partial charge on any atom is 0.412 e. The summed E-state index contributed by atoms with van der Waals surface area (Å²) in [6.45, 7) is 6.11. The fourth-order valence-corrected chi connectivity index (χ4v) is 1.30. The fraction of sp³-hybridized carbons (Fsp3) is 0.467. The van der Waals surface area contributed by atoms with E-state index in [2.05, 4.69) is 22.1 Å². The van der Waals surface area contributed by atoms with Gasteiger partial charge >= 0.3 is 6.09 Å². The second-order valence-electron chi connectivity index (χ2n) is 5.63. The van der Waals surface area contributed by atoms with Crippen molar-refractivity contribution in [3.8, 4) is 11.8 Å². The van der Waals surface area contributed by atoms with E-state index < -0.39 is 11.7 Å². The molecule has 0 aromatic carbocycles. The number of pyridine rings is 1. The molecule has 1 amide bonds. The van der Waals surface area contributed by atoms with Crippen molar-refractivity contribution in [2.24, 2.45) is 0 Å². The summed E-state index contributed by atoms with van der Waals surface area (Å²) < 4.78 is 5.17. The summed E-state index contributed by atoms with van der Waals surface area (Å²) in [4.78, 5) is 17.7. The summed E-state index contributed by atoms with van der Waals surface area (Å²) in [6, 6.07) is 1.76. The predicted octanol–water partition coefficient (Wildman–Crippen LogP) is 2.34. The lowest BCUT2D eigenvalue weighted by atomic mass is 10.2. The smallest absolute Gasteiger partial charge is 0.412 e. The van der Waals surface area contributed by atoms with E-state index in [0.717, 1.165) is 5.56 Å². The van der Waals surface area contributed by atoms with Gasteiger partial charge in [-0.3, -0.25) is 15.2 Å². The molecule has 5 heteroatoms. The van der Waals surface area contributed by atoms with Gasteiger partial charge in [-0.1, -0.05) is 11.8 Å². The van der Waals surface area contributed by atoms with Gasteiger partial charge in [0.2, 0.25) is 0 Å². The SMILES string of the molecule is CN(C)CC#Cc1cncc(NC(=O)OC(C)(C)C)c1. The average molecular weight is 275 g/mol. The monoisotopic (exact) mass is 275 g/mol. The Kier molecular flexibility index (Phi) is 5.53. The minimum atomic E-state index is -0.527. The van der Waals surface area contributed by atoms with Gasteiger partial charge in [-0.25, -0.2) is 4.79 Å². The number of nitrogens with one attached hydrogen (secondary N) is 1. The molecule has 0 saturated heterocycles. The maximum atomic E-state index is 11.6. The summed E-state index contributed by atoms with van der Waals surface area (Å²) in [5.74, 6) is 6.00. The Morgan fingerprint density at radius 1 is 1.40 bits per heavy atom. The second-order valence-corrected chi connectivity index (χ2v) is 5.63. The lowest BCUT2D eigenvalue weighted by Crippen LogP contribution is -2.27. The number of aromatic nitrogens is 1. The van der Waals surface area contributed by atoms with Crippen molar-refractivity contribution in [2.45, 2.75) is 26.4 Å². The van der Waals surface area contributed by atoms with Crippen molar-refractivity contribution >= 4 is 11.8 Å². The van der Waals surface area contributed by atoms with Crippen LogP contribution < -0.4 is 5.32 Å². The number of nitrogens with zero attached hydrogens (tertiary/aromatic N) is 2. The van der Waals surface area contributed by atoms with Gasteiger partial charge in [0, 0.05) is 11.8 Å². The van der Waals surface area contributed by atoms with Crippen LogP contribution >= 0.6 is 0 Å². The Balaban J connectivity index is 2.68. The molecule has 0 saturated carbocycles. The highest BCUT2D eigenvalue weighted by atomic mass is 16.6. The van der Waals surface area contributed by atoms with Gasteiger partial charge < -0.3 is 4.74 Å². The minimum absolute atomic E-state index is 0.502. The van der Waals surface area contributed by atoms with Crippen LogP contribution in [0, 0.1) is 11.8 Å². The van der Waals surface area contributed by atoms with Crippen LogP contribution in [0.5, 0.6) is 0 Å². The second kappa shape index (κ2) is 6.92. The van der Waals surface area contributed by atoms with Gasteiger partial charge in [0.1, 0.15) is 5.60 Å². The molecular formula is C15H21N3O2. The number of anilines is 1. The quantitative estimate of drug-likeness (QED) is 0.842. The van der Waals surface area contributed by atoms with Crippen LogP contribution in [0.25, 0.3) is 0 Å². The van der Waals surface area contributed by atoms with Gasteiger partial charge in [-0.2, -0.15) is 0 Å². The largest absolute Gasteiger partial charge is 0.444 e. The Morgan fingerprint density at radius 3 is 2.70 bits per heavy atom. The van der Waals surface area contributed by atoms with Crippen molar-refractivity contribution in [1.82, 2.24) is 9.88 Å². The summed E-state index contributed by atoms with van der Waals surface area (Å²) in [5.41, 5.74) is 0.789. The van der Waals surface area contributed by atoms with Crippen molar-refractivity contribution in [3.63, 3.8) is 0 Å². The fourth-order valence-electron chi connectivity index (χ4n) is 1.30. The molecule has 1 heterocycles. The van der Waals surface area contributed by atoms with Crippen molar-refractivity contribution < 1.29 is 9.53 Å². The minimum Gasteiger partial charge on any atom is -0.444 e. The predicted molar refractivity (Wildman–Crippen MR) is 79.5 cm³/mol. The zero-order chi connectivity index (χ0) is 15.2. The van der Waals surface area contributed by atoms with E-state index in [4.69, 9.17) is 4.74 Å². The summed E-state index contributed by atoms with van der Waals surface area (Å²) in [6.07, 6.45) is 2.71. The van der Waals surface area contributed by atoms with Crippen LogP contribution in [-0.2, 0) is 4.74 Å². The van der Waals surface area contributed by atoms with E-state index in [1.807, 2.05) is 39.8 Å². The van der Waals surface area contributed by atoms with Gasteiger partial charge in [0.05, 0.1) is 18.4 Å². The molecule has 1 N–H and O–H groups in total. The molecule has 20 heavy (non-hydrogen) atoms. The first kappa shape index (κ1) is 16.0. The number of hydrogen-bond donors (Lipinski definition) is 1. The van der Waals surface area contributed by atoms with Crippen LogP contribution in [0.2, 0.25) is 0 Å². The van der Waals surface area contributed by atoms with E-state index >= 15 is 0 Å². The Bertz CT molecular complexity index is 522. The molecule has 0 spiro atoms. The summed E-state index contributed by atoms with van der Waals surface area (Å²) in [5, 5.41) is 2.64. The van der Waals surface area contributed by atoms with Gasteiger partial charge in [0.25, 0.3) is 0 Å². The van der Waals surface area contributed by atoms with Crippen molar-refractivity contribution in [3.05, 3.63) is 24.0 Å². The number of ether oxygens (including phenoxy) is 1. The topological polar surface area (TPSA) is 54.5 Å². The van der Waals surface area contributed by atoms with E-state index in [-0.39, 0.29) is 0 Å². The Morgan fingerprint density at radius 2 is 2.10 bits per heavy atom. The third-order valence-corrected chi connectivity index (χ3v) is 2.01. The molecule has 5 nitrogen and oxygen atoms in total. The molecule has 0 unspecified atom stereocenters. The molecule has 0 bridgehead atoms. The molecule has 1 rings (SSSR count). The lowest BCUT2D eigenvalue weighted by molar-refractivity contribution is 0.0636. The van der Waals surface area contributed by atoms with Crippen LogP contribution in [0.1, 0.15) is 26.3 Å². The Hall–Kier alpha value is -2.06. The normalized spacial score (nSPS) is 10.7. The molecule has 0 aliphatic carbocycles. The lowest BCUT2D eigenvalue weighted by Gasteiger charge is -2.19. The Labute approximate surface area is 120 Å². The van der Waals surface area contributed by atoms with Gasteiger partial charge in [0.15, 0.2) is 0 Å². The van der Waals surface area contributed by atoms with E-state index in [1.165, 1.54) is 0 Å². The third kappa shape index (κ3) is 6.76. The third-order valence-electron chi connectivity index (χ3n) is 2.01. The first-order valence-electron chi connectivity index (χ1n) is 6.35. The summed E-state index contributed by atoms with van der Waals surface area (Å²) >= 11 is 0. The summed E-state index contributed by atoms with van der Waals surface area (Å²) in [7, 11) is 3.90. The molecule has 1 aromatic rings. The van der Waals surface area contributed by atoms with Crippen LogP contribution in [0.15, 0.2) is 18.5 Å². The molecule has 0 aliphatic rings. The molecular weight excluding hydrogens is 254 g/mol. The zero-order valence-corrected chi connectivity index (χ0v) is 12.7. The highest BCUT2D eigenvalue weighted by molar-refractivity contribution is 5.84. The standard InChI is InChI=1S/C15H21N3O2/c1-15(2,3)20-14(19)17-13-9-12(10-16-11-13)7-6-8-18(4)5/h9-11H,8H2,1-5H3,(H,17,19). The van der Waals surface area contributed by atoms with Crippen LogP contribution in [0.4, 0.5) is 10.5 Å². The maximum absolute atomic E-state index is 11.6. The highest BCUT2D eigenvalue weighted by Crippen LogP contribution is 2.11. The molecule has 0 fully saturated rings. The molecule has 1 aromatic heterocycles. The highest BCUT2D eigenvalue weighted by Gasteiger charge is 2.16. The van der Waals surface area contributed by atoms with Gasteiger partial charge in [-0.15, -0.1) is 0 Å². The zero-order valence-electron chi connectivity index (χ0n) is 12.7. The molecule has 108 valence electrons. The molecule has 0 atom stereocenters. The van der Waals surface area contributed by atoms with Crippen molar-refractivity contribution in [2.75, 3.05) is 26.0 Å². The first-order valence-corrected chi connectivity index (χ1v) is 6.35. The van der Waals surface area contributed by atoms with Gasteiger partial charge in [-0.05, 0) is 40.9 Å². The average Bonchev–Trinajstić information content (AvgIpc) is 2.26. The number of rotatable bonds is 2. The van der Waals surface area contributed by atoms with E-state index in [9.17, 15) is 4.79 Å². The van der Waals surface area contributed by atoms with Crippen LogP contribution in [-0.4, -0.2) is 42.2 Å². The number of amides is 1. The molecule has 0 radical (unpaired) electrons. The number of hydrogen-bond acceptors (Lipinski definition) is 4. The van der Waals surface area contributed by atoms with Crippen LogP contribution in [0.3, 0.4) is 0 Å². The molecule has 0 aliphatic heterocycles. The number of carbonyl (C=O) groups is 1.